The molecule has 0 aliphatic heterocycles. The first-order valence-corrected chi connectivity index (χ1v) is 9.27. The summed E-state index contributed by atoms with van der Waals surface area (Å²) in [6.07, 6.45) is 0. The van der Waals surface area contributed by atoms with Crippen molar-refractivity contribution in [1.29, 1.82) is 0 Å². The van der Waals surface area contributed by atoms with E-state index in [1.54, 1.807) is 0 Å². The molecule has 0 fully saturated rings. The number of benzene rings is 2. The van der Waals surface area contributed by atoms with Crippen molar-refractivity contribution < 1.29 is 17.3 Å². The van der Waals surface area contributed by atoms with Crippen LogP contribution >= 0.6 is 7.92 Å². The van der Waals surface area contributed by atoms with Crippen LogP contribution in [-0.4, -0.2) is 12.4 Å². The molecule has 132 valence electrons. The number of rotatable bonds is 2. The summed E-state index contributed by atoms with van der Waals surface area (Å²) < 4.78 is 39.0. The van der Waals surface area contributed by atoms with Gasteiger partial charge in [-0.1, -0.05) is 35.4 Å². The van der Waals surface area contributed by atoms with Gasteiger partial charge < -0.3 is 17.3 Å². The molecule has 0 saturated heterocycles. The van der Waals surface area contributed by atoms with Gasteiger partial charge in [-0.25, -0.2) is 0 Å². The molecule has 2 rings (SSSR count). The van der Waals surface area contributed by atoms with Gasteiger partial charge in [0.25, 0.3) is 0 Å². The van der Waals surface area contributed by atoms with E-state index in [0.717, 1.165) is 0 Å². The summed E-state index contributed by atoms with van der Waals surface area (Å²) >= 11 is 0. The van der Waals surface area contributed by atoms with Crippen LogP contribution in [0.25, 0.3) is 0 Å². The molecule has 0 saturated carbocycles. The van der Waals surface area contributed by atoms with E-state index in [0.29, 0.717) is 5.16 Å². The Morgan fingerprint density at radius 3 is 1.12 bits per heavy atom. The Morgan fingerprint density at radius 1 is 0.667 bits per heavy atom. The second-order valence-corrected chi connectivity index (χ2v) is 10.3. The van der Waals surface area contributed by atoms with Gasteiger partial charge in [-0.15, -0.1) is 0 Å². The van der Waals surface area contributed by atoms with Crippen LogP contribution in [0.15, 0.2) is 48.5 Å². The van der Waals surface area contributed by atoms with Crippen LogP contribution in [0.4, 0.5) is 17.3 Å². The average Bonchev–Trinajstić information content (AvgIpc) is 2.40. The van der Waals surface area contributed by atoms with Gasteiger partial charge in [-0.3, -0.25) is 0 Å². The lowest BCUT2D eigenvalue weighted by Gasteiger charge is -2.24. The lowest BCUT2D eigenvalue weighted by Crippen LogP contribution is -2.26. The number of hydrogen-bond donors (Lipinski definition) is 0. The van der Waals surface area contributed by atoms with Gasteiger partial charge in [-0.05, 0) is 58.9 Å². The molecule has 2 aromatic rings. The summed E-state index contributed by atoms with van der Waals surface area (Å²) in [5, 5.41) is 3.33. The van der Waals surface area contributed by atoms with Crippen molar-refractivity contribution in [3.63, 3.8) is 0 Å². The quantitative estimate of drug-likeness (QED) is 0.374. The molecule has 2 aromatic carbocycles. The van der Waals surface area contributed by atoms with Crippen LogP contribution in [0.2, 0.25) is 0 Å². The van der Waals surface area contributed by atoms with Crippen molar-refractivity contribution in [1.82, 2.24) is 0 Å². The van der Waals surface area contributed by atoms with Crippen molar-refractivity contribution in [3.8, 4) is 0 Å². The van der Waals surface area contributed by atoms with Gasteiger partial charge in [0.15, 0.2) is 0 Å². The number of halogens is 4. The first kappa shape index (κ1) is 20.7. The van der Waals surface area contributed by atoms with Gasteiger partial charge in [0.05, 0.1) is 23.7 Å². The molecule has 0 aromatic heterocycles. The van der Waals surface area contributed by atoms with Crippen molar-refractivity contribution in [2.24, 2.45) is 0 Å². The van der Waals surface area contributed by atoms with Crippen LogP contribution in [0, 0.1) is 13.8 Å². The minimum atomic E-state index is -6.00. The molecule has 0 spiro atoms. The Hall–Kier alpha value is -1.35. The SMILES string of the molecule is Cc1ccc([PH+](c2ccc(C)cc2)C(C)(C)C)cc1.F[B-](F)(F)F. The zero-order valence-corrected chi connectivity index (χ0v) is 15.7. The molecule has 0 unspecified atom stereocenters. The van der Waals surface area contributed by atoms with E-state index in [1.165, 1.54) is 21.7 Å². The predicted octanol–water partition coefficient (Wildman–Crippen LogP) is 5.57. The lowest BCUT2D eigenvalue weighted by atomic mass is 10.2. The van der Waals surface area contributed by atoms with E-state index in [9.17, 15) is 17.3 Å². The summed E-state index contributed by atoms with van der Waals surface area (Å²) in [6.45, 7) is 11.4. The molecular formula is C18H24BF4P. The normalized spacial score (nSPS) is 11.9. The van der Waals surface area contributed by atoms with E-state index >= 15 is 0 Å². The van der Waals surface area contributed by atoms with Crippen molar-refractivity contribution in [2.45, 2.75) is 39.8 Å². The van der Waals surface area contributed by atoms with Gasteiger partial charge in [0.2, 0.25) is 0 Å². The largest absolute Gasteiger partial charge is 0.673 e. The maximum Gasteiger partial charge on any atom is 0.673 e. The monoisotopic (exact) mass is 358 g/mol. The summed E-state index contributed by atoms with van der Waals surface area (Å²) in [5.74, 6) is 0. The van der Waals surface area contributed by atoms with Crippen LogP contribution < -0.4 is 10.6 Å². The molecule has 24 heavy (non-hydrogen) atoms. The maximum absolute atomic E-state index is 9.75. The summed E-state index contributed by atoms with van der Waals surface area (Å²) in [4.78, 5) is 0. The highest BCUT2D eigenvalue weighted by Crippen LogP contribution is 2.47. The predicted molar refractivity (Wildman–Crippen MR) is 99.9 cm³/mol. The molecular weight excluding hydrogens is 334 g/mol. The maximum atomic E-state index is 9.75. The molecule has 0 atom stereocenters. The van der Waals surface area contributed by atoms with Gasteiger partial charge in [0.1, 0.15) is 0 Å². The fraction of sp³-hybridized carbons (Fsp3) is 0.333. The zero-order chi connectivity index (χ0) is 18.5. The molecule has 0 nitrogen and oxygen atoms in total. The van der Waals surface area contributed by atoms with Gasteiger partial charge in [-0.2, -0.15) is 0 Å². The van der Waals surface area contributed by atoms with Crippen LogP contribution in [0.5, 0.6) is 0 Å². The highest BCUT2D eigenvalue weighted by atomic mass is 31.1. The fourth-order valence-corrected chi connectivity index (χ4v) is 5.54. The third-order valence-electron chi connectivity index (χ3n) is 3.43. The minimum Gasteiger partial charge on any atom is -0.418 e. The van der Waals surface area contributed by atoms with Gasteiger partial charge >= 0.3 is 7.25 Å². The highest BCUT2D eigenvalue weighted by Gasteiger charge is 2.35. The van der Waals surface area contributed by atoms with Gasteiger partial charge in [0, 0.05) is 0 Å². The van der Waals surface area contributed by atoms with E-state index in [1.807, 2.05) is 0 Å². The highest BCUT2D eigenvalue weighted by molar-refractivity contribution is 7.74. The first-order valence-electron chi connectivity index (χ1n) is 7.77. The Labute approximate surface area is 143 Å². The summed E-state index contributed by atoms with van der Waals surface area (Å²) in [5.41, 5.74) is 2.67. The minimum absolute atomic E-state index is 0.315. The molecule has 0 aliphatic rings. The molecule has 6 heteroatoms. The van der Waals surface area contributed by atoms with Crippen molar-refractivity contribution in [2.75, 3.05) is 0 Å². The average molecular weight is 358 g/mol. The first-order chi connectivity index (χ1) is 10.9. The third-order valence-corrected chi connectivity index (χ3v) is 6.75. The van der Waals surface area contributed by atoms with Crippen molar-refractivity contribution in [3.05, 3.63) is 59.7 Å². The Balaban J connectivity index is 0.000000505. The summed E-state index contributed by atoms with van der Waals surface area (Å²) in [7, 11) is -6.75. The van der Waals surface area contributed by atoms with E-state index < -0.39 is 15.2 Å². The smallest absolute Gasteiger partial charge is 0.418 e. The van der Waals surface area contributed by atoms with E-state index in [2.05, 4.69) is 83.1 Å². The zero-order valence-electron chi connectivity index (χ0n) is 14.7. The molecule has 0 radical (unpaired) electrons. The third kappa shape index (κ3) is 7.48. The molecule has 0 amide bonds. The molecule has 0 aliphatic carbocycles. The van der Waals surface area contributed by atoms with Crippen LogP contribution in [0.1, 0.15) is 31.9 Å². The lowest BCUT2D eigenvalue weighted by molar-refractivity contribution is 0.368. The molecule has 0 N–H and O–H groups in total. The Kier molecular flexibility index (Phi) is 7.03. The Bertz CT molecular complexity index is 577. The number of hydrogen-bond acceptors (Lipinski definition) is 0. The van der Waals surface area contributed by atoms with Crippen LogP contribution in [-0.2, 0) is 0 Å². The Morgan fingerprint density at radius 2 is 0.917 bits per heavy atom. The fourth-order valence-electron chi connectivity index (χ4n) is 2.47. The van der Waals surface area contributed by atoms with E-state index in [-0.39, 0.29) is 0 Å². The van der Waals surface area contributed by atoms with Crippen molar-refractivity contribution >= 4 is 25.8 Å². The summed E-state index contributed by atoms with van der Waals surface area (Å²) in [6, 6.07) is 18.2. The standard InChI is InChI=1S/C18H23P.BF4/c1-14-6-10-16(11-7-14)19(18(3,4)5)17-12-8-15(2)9-13-17;2-1(3,4)5/h6-13H,1-5H3;/q;-1/p+1. The topological polar surface area (TPSA) is 0 Å². The van der Waals surface area contributed by atoms with Crippen LogP contribution in [0.3, 0.4) is 0 Å². The second kappa shape index (κ2) is 8.16. The number of aryl methyl sites for hydroxylation is 2. The molecule has 0 heterocycles. The van der Waals surface area contributed by atoms with E-state index in [4.69, 9.17) is 0 Å². The second-order valence-electron chi connectivity index (χ2n) is 6.85. The molecule has 0 bridgehead atoms.